The van der Waals surface area contributed by atoms with Gasteiger partial charge < -0.3 is 10.9 Å². The summed E-state index contributed by atoms with van der Waals surface area (Å²) in [5, 5.41) is 0. The maximum absolute atomic E-state index is 11.5. The van der Waals surface area contributed by atoms with Crippen LogP contribution in [0, 0.1) is 0 Å². The Morgan fingerprint density at radius 3 is 2.74 bits per heavy atom. The van der Waals surface area contributed by atoms with Crippen molar-refractivity contribution in [3.8, 4) is 0 Å². The Morgan fingerprint density at radius 2 is 1.89 bits per heavy atom. The van der Waals surface area contributed by atoms with Crippen LogP contribution in [0.15, 0.2) is 58.0 Å². The first-order valence-electron chi connectivity index (χ1n) is 6.71. The third-order valence-corrected chi connectivity index (χ3v) is 3.89. The van der Waals surface area contributed by atoms with Gasteiger partial charge in [0.1, 0.15) is 0 Å². The van der Waals surface area contributed by atoms with Crippen LogP contribution in [0.1, 0.15) is 33.1 Å². The minimum Gasteiger partial charge on any atom is -0.304 e. The second-order valence-electron chi connectivity index (χ2n) is 5.24. The summed E-state index contributed by atoms with van der Waals surface area (Å²) in [6.07, 6.45) is 10.8. The molecular formula is C16H18N2O. The highest BCUT2D eigenvalue weighted by Crippen LogP contribution is 2.32. The fraction of sp³-hybridized carbons (Fsp3) is 0.312. The summed E-state index contributed by atoms with van der Waals surface area (Å²) in [5.41, 5.74) is 13.5. The van der Waals surface area contributed by atoms with Crippen LogP contribution in [-0.4, -0.2) is 5.78 Å². The summed E-state index contributed by atoms with van der Waals surface area (Å²) >= 11 is 0. The molecule has 2 aliphatic carbocycles. The molecule has 0 amide bonds. The van der Waals surface area contributed by atoms with Crippen LogP contribution in [0.2, 0.25) is 0 Å². The van der Waals surface area contributed by atoms with Crippen molar-refractivity contribution in [2.45, 2.75) is 33.1 Å². The van der Waals surface area contributed by atoms with Gasteiger partial charge in [0, 0.05) is 29.3 Å². The first kappa shape index (κ1) is 12.0. The van der Waals surface area contributed by atoms with E-state index in [1.807, 2.05) is 6.08 Å². The van der Waals surface area contributed by atoms with Crippen LogP contribution in [0.4, 0.5) is 0 Å². The molecule has 98 valence electrons. The predicted octanol–water partition coefficient (Wildman–Crippen LogP) is 2.82. The molecule has 19 heavy (non-hydrogen) atoms. The monoisotopic (exact) mass is 254 g/mol. The zero-order chi connectivity index (χ0) is 13.4. The lowest BCUT2D eigenvalue weighted by Gasteiger charge is -2.29. The molecule has 0 fully saturated rings. The number of hydrogen-bond acceptors (Lipinski definition) is 3. The molecule has 3 rings (SSSR count). The normalized spacial score (nSPS) is 28.0. The van der Waals surface area contributed by atoms with Crippen LogP contribution >= 0.6 is 0 Å². The number of carbonyl (C=O) groups excluding carboxylic acids is 1. The van der Waals surface area contributed by atoms with Crippen molar-refractivity contribution in [2.75, 3.05) is 0 Å². The van der Waals surface area contributed by atoms with Gasteiger partial charge in [0.05, 0.1) is 5.70 Å². The summed E-state index contributed by atoms with van der Waals surface area (Å²) in [6, 6.07) is 0. The van der Waals surface area contributed by atoms with Crippen LogP contribution in [0.5, 0.6) is 0 Å². The highest BCUT2D eigenvalue weighted by Gasteiger charge is 2.23. The summed E-state index contributed by atoms with van der Waals surface area (Å²) in [6.45, 7) is 4.29. The van der Waals surface area contributed by atoms with E-state index in [1.54, 1.807) is 6.08 Å². The van der Waals surface area contributed by atoms with E-state index in [1.165, 1.54) is 22.4 Å². The van der Waals surface area contributed by atoms with Crippen LogP contribution in [0.3, 0.4) is 0 Å². The molecule has 3 heteroatoms. The average Bonchev–Trinajstić information content (AvgIpc) is 2.38. The molecule has 0 aromatic heterocycles. The second kappa shape index (κ2) is 4.57. The van der Waals surface area contributed by atoms with E-state index in [9.17, 15) is 4.79 Å². The van der Waals surface area contributed by atoms with Gasteiger partial charge >= 0.3 is 0 Å². The first-order valence-corrected chi connectivity index (χ1v) is 6.71. The molecule has 0 bridgehead atoms. The average molecular weight is 254 g/mol. The Morgan fingerprint density at radius 1 is 1.05 bits per heavy atom. The van der Waals surface area contributed by atoms with Gasteiger partial charge in [-0.25, -0.2) is 0 Å². The largest absolute Gasteiger partial charge is 0.304 e. The molecule has 0 saturated heterocycles. The van der Waals surface area contributed by atoms with Crippen LogP contribution in [-0.2, 0) is 4.79 Å². The van der Waals surface area contributed by atoms with E-state index in [2.05, 4.69) is 36.9 Å². The lowest BCUT2D eigenvalue weighted by molar-refractivity contribution is -0.114. The number of carbonyl (C=O) groups is 1. The summed E-state index contributed by atoms with van der Waals surface area (Å²) < 4.78 is 0. The van der Waals surface area contributed by atoms with E-state index in [0.29, 0.717) is 6.42 Å². The quantitative estimate of drug-likeness (QED) is 0.698. The van der Waals surface area contributed by atoms with E-state index in [-0.39, 0.29) is 5.78 Å². The van der Waals surface area contributed by atoms with Crippen molar-refractivity contribution >= 4 is 5.78 Å². The fourth-order valence-corrected chi connectivity index (χ4v) is 2.63. The number of ketones is 1. The lowest BCUT2D eigenvalue weighted by Crippen LogP contribution is -2.38. The minimum absolute atomic E-state index is 0.153. The lowest BCUT2D eigenvalue weighted by atomic mass is 9.88. The van der Waals surface area contributed by atoms with Crippen molar-refractivity contribution in [3.63, 3.8) is 0 Å². The molecule has 2 N–H and O–H groups in total. The summed E-state index contributed by atoms with van der Waals surface area (Å²) in [5.74, 6) is 0.153. The number of nitrogens with one attached hydrogen (secondary N) is 2. The van der Waals surface area contributed by atoms with Crippen LogP contribution < -0.4 is 10.9 Å². The molecule has 1 heterocycles. The second-order valence-corrected chi connectivity index (χ2v) is 5.24. The maximum Gasteiger partial charge on any atom is 0.161 e. The summed E-state index contributed by atoms with van der Waals surface area (Å²) in [4.78, 5) is 11.5. The van der Waals surface area contributed by atoms with Gasteiger partial charge in [-0.05, 0) is 38.3 Å². The van der Waals surface area contributed by atoms with E-state index >= 15 is 0 Å². The van der Waals surface area contributed by atoms with Crippen LogP contribution in [0.25, 0.3) is 0 Å². The molecule has 0 unspecified atom stereocenters. The number of allylic oxidation sites excluding steroid dienone is 8. The Bertz CT molecular complexity index is 600. The van der Waals surface area contributed by atoms with E-state index < -0.39 is 0 Å². The molecule has 0 aromatic rings. The van der Waals surface area contributed by atoms with Gasteiger partial charge in [-0.1, -0.05) is 17.7 Å². The van der Waals surface area contributed by atoms with Gasteiger partial charge in [-0.2, -0.15) is 0 Å². The van der Waals surface area contributed by atoms with Crippen molar-refractivity contribution < 1.29 is 4.79 Å². The minimum atomic E-state index is 0.153. The Balaban J connectivity index is 2.09. The summed E-state index contributed by atoms with van der Waals surface area (Å²) in [7, 11) is 0. The molecule has 3 aliphatic rings. The van der Waals surface area contributed by atoms with Gasteiger partial charge in [-0.15, -0.1) is 0 Å². The zero-order valence-electron chi connectivity index (χ0n) is 11.3. The van der Waals surface area contributed by atoms with Gasteiger partial charge in [0.25, 0.3) is 0 Å². The van der Waals surface area contributed by atoms with Crippen molar-refractivity contribution in [3.05, 3.63) is 58.0 Å². The van der Waals surface area contributed by atoms with E-state index in [0.717, 1.165) is 24.1 Å². The maximum atomic E-state index is 11.5. The van der Waals surface area contributed by atoms with Crippen molar-refractivity contribution in [2.24, 2.45) is 0 Å². The smallest absolute Gasteiger partial charge is 0.161 e. The van der Waals surface area contributed by atoms with Crippen molar-refractivity contribution in [1.29, 1.82) is 0 Å². The number of hydrogen-bond donors (Lipinski definition) is 2. The molecular weight excluding hydrogens is 236 g/mol. The third kappa shape index (κ3) is 2.16. The number of fused-ring (bicyclic) bond motifs is 2. The van der Waals surface area contributed by atoms with Gasteiger partial charge in [0.15, 0.2) is 5.78 Å². The van der Waals surface area contributed by atoms with Gasteiger partial charge in [0.2, 0.25) is 0 Å². The highest BCUT2D eigenvalue weighted by atomic mass is 16.1. The Labute approximate surface area is 113 Å². The fourth-order valence-electron chi connectivity index (χ4n) is 2.63. The number of hydrazine groups is 1. The van der Waals surface area contributed by atoms with Gasteiger partial charge in [-0.3, -0.25) is 4.79 Å². The molecule has 1 aliphatic heterocycles. The number of rotatable bonds is 0. The molecule has 0 atom stereocenters. The third-order valence-electron chi connectivity index (χ3n) is 3.89. The molecule has 0 radical (unpaired) electrons. The molecule has 0 aromatic carbocycles. The first-order chi connectivity index (χ1) is 9.15. The molecule has 0 saturated carbocycles. The topological polar surface area (TPSA) is 41.1 Å². The zero-order valence-corrected chi connectivity index (χ0v) is 11.3. The molecule has 3 nitrogen and oxygen atoms in total. The van der Waals surface area contributed by atoms with E-state index in [4.69, 9.17) is 0 Å². The standard InChI is InChI=1S/C16H18N2O/c1-10-4-3-5-15-14(8-11(10)2)13-7-6-12(19)9-16(13)18-17-15/h4,7-9,17-18H,3,5-6H2,1-2H3/b10-4+,11-8-. The molecule has 0 spiro atoms. The highest BCUT2D eigenvalue weighted by molar-refractivity contribution is 5.94. The predicted molar refractivity (Wildman–Crippen MR) is 75.8 cm³/mol. The Kier molecular flexibility index (Phi) is 2.90. The Hall–Kier alpha value is -2.03. The van der Waals surface area contributed by atoms with Crippen molar-refractivity contribution in [1.82, 2.24) is 10.9 Å². The SMILES string of the molecule is CC1=C/C2=C(CC\C=C\1C)NNC1=CC(=O)CC=C12.